The molecule has 4 aromatic rings. The van der Waals surface area contributed by atoms with Crippen molar-refractivity contribution in [3.63, 3.8) is 0 Å². The van der Waals surface area contributed by atoms with Crippen LogP contribution in [0.1, 0.15) is 27.3 Å². The molecule has 146 valence electrons. The Morgan fingerprint density at radius 3 is 2.55 bits per heavy atom. The van der Waals surface area contributed by atoms with Crippen LogP contribution in [0.15, 0.2) is 72.8 Å². The number of carbonyl (C=O) groups excluding carboxylic acids is 1. The lowest BCUT2D eigenvalue weighted by molar-refractivity contribution is 0.0946. The number of para-hydroxylation sites is 3. The average Bonchev–Trinajstić information content (AvgIpc) is 3.11. The molecule has 1 heterocycles. The van der Waals surface area contributed by atoms with E-state index in [0.717, 1.165) is 16.9 Å². The van der Waals surface area contributed by atoms with Crippen molar-refractivity contribution < 1.29 is 9.53 Å². The van der Waals surface area contributed by atoms with Gasteiger partial charge in [-0.3, -0.25) is 4.79 Å². The maximum Gasteiger partial charge on any atom is 0.255 e. The van der Waals surface area contributed by atoms with Crippen molar-refractivity contribution in [3.8, 4) is 5.75 Å². The lowest BCUT2D eigenvalue weighted by atomic mass is 10.1. The third-order valence-electron chi connectivity index (χ3n) is 5.08. The first-order valence-corrected chi connectivity index (χ1v) is 9.57. The zero-order chi connectivity index (χ0) is 20.2. The molecule has 0 fully saturated rings. The molecule has 0 radical (unpaired) electrons. The Balaban J connectivity index is 1.63. The topological polar surface area (TPSA) is 56.1 Å². The SMILES string of the molecule is COc1ccccc1C(=O)NCc1nc2ccccc2n1Cc1ccccc1C. The summed E-state index contributed by atoms with van der Waals surface area (Å²) in [6.45, 7) is 3.14. The van der Waals surface area contributed by atoms with Crippen molar-refractivity contribution in [3.05, 3.63) is 95.3 Å². The predicted molar refractivity (Wildman–Crippen MR) is 114 cm³/mol. The zero-order valence-corrected chi connectivity index (χ0v) is 16.6. The number of methoxy groups -OCH3 is 1. The Morgan fingerprint density at radius 1 is 1.00 bits per heavy atom. The van der Waals surface area contributed by atoms with Gasteiger partial charge in [-0.2, -0.15) is 0 Å². The Kier molecular flexibility index (Phi) is 5.29. The first-order chi connectivity index (χ1) is 14.2. The molecule has 1 aromatic heterocycles. The lowest BCUT2D eigenvalue weighted by Crippen LogP contribution is -2.25. The number of benzene rings is 3. The molecule has 4 rings (SSSR count). The van der Waals surface area contributed by atoms with Crippen LogP contribution in [0.3, 0.4) is 0 Å². The number of aromatic nitrogens is 2. The highest BCUT2D eigenvalue weighted by molar-refractivity contribution is 5.96. The predicted octanol–water partition coefficient (Wildman–Crippen LogP) is 4.33. The van der Waals surface area contributed by atoms with Gasteiger partial charge >= 0.3 is 0 Å². The van der Waals surface area contributed by atoms with Crippen molar-refractivity contribution in [1.82, 2.24) is 14.9 Å². The van der Waals surface area contributed by atoms with Gasteiger partial charge in [-0.1, -0.05) is 48.5 Å². The van der Waals surface area contributed by atoms with E-state index in [2.05, 4.69) is 35.0 Å². The highest BCUT2D eigenvalue weighted by atomic mass is 16.5. The van der Waals surface area contributed by atoms with E-state index < -0.39 is 0 Å². The molecule has 29 heavy (non-hydrogen) atoms. The number of hydrogen-bond donors (Lipinski definition) is 1. The first kappa shape index (κ1) is 18.7. The summed E-state index contributed by atoms with van der Waals surface area (Å²) in [5, 5.41) is 2.99. The number of aryl methyl sites for hydroxylation is 1. The molecule has 0 saturated heterocycles. The number of fused-ring (bicyclic) bond motifs is 1. The van der Waals surface area contributed by atoms with Crippen molar-refractivity contribution >= 4 is 16.9 Å². The van der Waals surface area contributed by atoms with Gasteiger partial charge in [0.15, 0.2) is 0 Å². The van der Waals surface area contributed by atoms with Gasteiger partial charge in [-0.25, -0.2) is 4.98 Å². The van der Waals surface area contributed by atoms with E-state index in [9.17, 15) is 4.79 Å². The maximum absolute atomic E-state index is 12.7. The monoisotopic (exact) mass is 385 g/mol. The van der Waals surface area contributed by atoms with Crippen LogP contribution < -0.4 is 10.1 Å². The van der Waals surface area contributed by atoms with Crippen LogP contribution in [-0.2, 0) is 13.1 Å². The molecule has 1 N–H and O–H groups in total. The smallest absolute Gasteiger partial charge is 0.255 e. The van der Waals surface area contributed by atoms with Gasteiger partial charge in [-0.15, -0.1) is 0 Å². The summed E-state index contributed by atoms with van der Waals surface area (Å²) in [6, 6.07) is 23.6. The van der Waals surface area contributed by atoms with E-state index in [4.69, 9.17) is 9.72 Å². The van der Waals surface area contributed by atoms with Crippen LogP contribution in [0.4, 0.5) is 0 Å². The molecule has 1 amide bonds. The molecule has 0 aliphatic rings. The summed E-state index contributed by atoms with van der Waals surface area (Å²) in [4.78, 5) is 17.5. The zero-order valence-electron chi connectivity index (χ0n) is 16.6. The van der Waals surface area contributed by atoms with E-state index in [1.807, 2.05) is 42.5 Å². The molecule has 0 unspecified atom stereocenters. The van der Waals surface area contributed by atoms with Gasteiger partial charge in [0.1, 0.15) is 11.6 Å². The number of nitrogens with one attached hydrogen (secondary N) is 1. The van der Waals surface area contributed by atoms with Crippen LogP contribution in [0.2, 0.25) is 0 Å². The molecule has 0 atom stereocenters. The van der Waals surface area contributed by atoms with Gasteiger partial charge in [0.25, 0.3) is 5.91 Å². The average molecular weight is 385 g/mol. The number of carbonyl (C=O) groups is 1. The van der Waals surface area contributed by atoms with E-state index in [0.29, 0.717) is 24.4 Å². The third-order valence-corrected chi connectivity index (χ3v) is 5.08. The van der Waals surface area contributed by atoms with Gasteiger partial charge in [0.05, 0.1) is 30.3 Å². The highest BCUT2D eigenvalue weighted by Gasteiger charge is 2.15. The molecule has 3 aromatic carbocycles. The summed E-state index contributed by atoms with van der Waals surface area (Å²) in [6.07, 6.45) is 0. The standard InChI is InChI=1S/C24H23N3O2/c1-17-9-3-4-10-18(17)16-27-21-13-7-6-12-20(21)26-23(27)15-25-24(28)19-11-5-8-14-22(19)29-2/h3-14H,15-16H2,1-2H3,(H,25,28). The molecule has 0 bridgehead atoms. The number of ether oxygens (including phenoxy) is 1. The fourth-order valence-electron chi connectivity index (χ4n) is 3.48. The summed E-state index contributed by atoms with van der Waals surface area (Å²) >= 11 is 0. The van der Waals surface area contributed by atoms with Crippen molar-refractivity contribution in [1.29, 1.82) is 0 Å². The van der Waals surface area contributed by atoms with E-state index in [1.54, 1.807) is 19.2 Å². The molecule has 0 aliphatic carbocycles. The third kappa shape index (κ3) is 3.85. The van der Waals surface area contributed by atoms with E-state index >= 15 is 0 Å². The number of imidazole rings is 1. The number of amides is 1. The van der Waals surface area contributed by atoms with Crippen LogP contribution in [0, 0.1) is 6.92 Å². The molecular formula is C24H23N3O2. The van der Waals surface area contributed by atoms with E-state index in [-0.39, 0.29) is 5.91 Å². The van der Waals surface area contributed by atoms with Gasteiger partial charge in [-0.05, 0) is 42.3 Å². The molecule has 0 saturated carbocycles. The second kappa shape index (κ2) is 8.19. The second-order valence-corrected chi connectivity index (χ2v) is 6.91. The Hall–Kier alpha value is -3.60. The highest BCUT2D eigenvalue weighted by Crippen LogP contribution is 2.20. The maximum atomic E-state index is 12.7. The van der Waals surface area contributed by atoms with Crippen LogP contribution >= 0.6 is 0 Å². The fraction of sp³-hybridized carbons (Fsp3) is 0.167. The van der Waals surface area contributed by atoms with Crippen LogP contribution in [0.25, 0.3) is 11.0 Å². The summed E-state index contributed by atoms with van der Waals surface area (Å²) in [5.74, 6) is 1.19. The molecule has 5 nitrogen and oxygen atoms in total. The summed E-state index contributed by atoms with van der Waals surface area (Å²) < 4.78 is 7.47. The number of nitrogens with zero attached hydrogens (tertiary/aromatic N) is 2. The molecule has 0 spiro atoms. The van der Waals surface area contributed by atoms with Crippen LogP contribution in [-0.4, -0.2) is 22.6 Å². The molecule has 5 heteroatoms. The minimum atomic E-state index is -0.183. The van der Waals surface area contributed by atoms with Crippen LogP contribution in [0.5, 0.6) is 5.75 Å². The summed E-state index contributed by atoms with van der Waals surface area (Å²) in [7, 11) is 1.56. The number of rotatable bonds is 6. The number of hydrogen-bond acceptors (Lipinski definition) is 3. The van der Waals surface area contributed by atoms with Gasteiger partial charge in [0, 0.05) is 6.54 Å². The molecule has 0 aliphatic heterocycles. The minimum absolute atomic E-state index is 0.183. The largest absolute Gasteiger partial charge is 0.496 e. The quantitative estimate of drug-likeness (QED) is 0.537. The Labute approximate surface area is 170 Å². The fourth-order valence-corrected chi connectivity index (χ4v) is 3.48. The minimum Gasteiger partial charge on any atom is -0.496 e. The second-order valence-electron chi connectivity index (χ2n) is 6.91. The lowest BCUT2D eigenvalue weighted by Gasteiger charge is -2.13. The van der Waals surface area contributed by atoms with Gasteiger partial charge in [0.2, 0.25) is 0 Å². The van der Waals surface area contributed by atoms with Crippen molar-refractivity contribution in [2.75, 3.05) is 7.11 Å². The van der Waals surface area contributed by atoms with E-state index in [1.165, 1.54) is 11.1 Å². The summed E-state index contributed by atoms with van der Waals surface area (Å²) in [5.41, 5.74) is 4.94. The normalized spacial score (nSPS) is 10.8. The first-order valence-electron chi connectivity index (χ1n) is 9.57. The Morgan fingerprint density at radius 2 is 1.72 bits per heavy atom. The van der Waals surface area contributed by atoms with Crippen molar-refractivity contribution in [2.45, 2.75) is 20.0 Å². The van der Waals surface area contributed by atoms with Gasteiger partial charge < -0.3 is 14.6 Å². The Bertz CT molecular complexity index is 1160. The van der Waals surface area contributed by atoms with Crippen molar-refractivity contribution in [2.24, 2.45) is 0 Å². The molecular weight excluding hydrogens is 362 g/mol.